The maximum absolute atomic E-state index is 12.1. The number of carbonyl (C=O) groups is 1. The molecule has 2 heterocycles. The number of piperidine rings is 1. The van der Waals surface area contributed by atoms with Crippen molar-refractivity contribution in [3.8, 4) is 0 Å². The highest BCUT2D eigenvalue weighted by Gasteiger charge is 2.23. The standard InChI is InChI=1S/C14H15ClN2O3S/c15-10-1-2-11-12(7-10)21-14(20)17(11)8-9-3-5-16(6-4-9)13(18)19/h1-2,7,9H,3-6,8H2,(H,18,19). The summed E-state index contributed by atoms with van der Waals surface area (Å²) in [5, 5.41) is 9.58. The highest BCUT2D eigenvalue weighted by molar-refractivity contribution is 7.16. The summed E-state index contributed by atoms with van der Waals surface area (Å²) in [6.45, 7) is 1.74. The molecule has 0 saturated carbocycles. The smallest absolute Gasteiger partial charge is 0.407 e. The number of benzene rings is 1. The molecule has 0 radical (unpaired) electrons. The summed E-state index contributed by atoms with van der Waals surface area (Å²) in [5.41, 5.74) is 0.912. The molecule has 5 nitrogen and oxygen atoms in total. The third-order valence-electron chi connectivity index (χ3n) is 3.96. The molecule has 1 aromatic carbocycles. The van der Waals surface area contributed by atoms with Crippen molar-refractivity contribution < 1.29 is 9.90 Å². The lowest BCUT2D eigenvalue weighted by molar-refractivity contribution is 0.122. The van der Waals surface area contributed by atoms with Gasteiger partial charge in [-0.25, -0.2) is 4.79 Å². The normalized spacial score (nSPS) is 16.5. The first-order valence-electron chi connectivity index (χ1n) is 6.81. The van der Waals surface area contributed by atoms with Crippen LogP contribution in [0, 0.1) is 5.92 Å². The van der Waals surface area contributed by atoms with Crippen LogP contribution in [0.3, 0.4) is 0 Å². The SMILES string of the molecule is O=C(O)N1CCC(Cn2c(=O)sc3cc(Cl)ccc32)CC1. The summed E-state index contributed by atoms with van der Waals surface area (Å²) in [6, 6.07) is 5.48. The predicted molar refractivity (Wildman–Crippen MR) is 83.4 cm³/mol. The monoisotopic (exact) mass is 326 g/mol. The van der Waals surface area contributed by atoms with Gasteiger partial charge >= 0.3 is 11.0 Å². The number of fused-ring (bicyclic) bond motifs is 1. The van der Waals surface area contributed by atoms with Crippen molar-refractivity contribution in [2.75, 3.05) is 13.1 Å². The van der Waals surface area contributed by atoms with Gasteiger partial charge in [0, 0.05) is 24.7 Å². The minimum absolute atomic E-state index is 0.0212. The minimum atomic E-state index is -0.860. The van der Waals surface area contributed by atoms with Gasteiger partial charge in [0.05, 0.1) is 10.2 Å². The van der Waals surface area contributed by atoms with Gasteiger partial charge in [0.2, 0.25) is 0 Å². The van der Waals surface area contributed by atoms with Crippen LogP contribution in [0.15, 0.2) is 23.0 Å². The Bertz CT molecular complexity index is 731. The van der Waals surface area contributed by atoms with E-state index in [0.29, 0.717) is 30.6 Å². The zero-order chi connectivity index (χ0) is 15.0. The predicted octanol–water partition coefficient (Wildman–Crippen LogP) is 3.11. The van der Waals surface area contributed by atoms with Crippen molar-refractivity contribution in [3.05, 3.63) is 32.9 Å². The first-order chi connectivity index (χ1) is 10.0. The number of likely N-dealkylation sites (tertiary alicyclic amines) is 1. The van der Waals surface area contributed by atoms with Gasteiger partial charge in [-0.1, -0.05) is 22.9 Å². The second kappa shape index (κ2) is 5.69. The Labute approximate surface area is 130 Å². The first kappa shape index (κ1) is 14.4. The molecule has 112 valence electrons. The van der Waals surface area contributed by atoms with E-state index in [2.05, 4.69) is 0 Å². The van der Waals surface area contributed by atoms with E-state index in [4.69, 9.17) is 16.7 Å². The van der Waals surface area contributed by atoms with E-state index in [-0.39, 0.29) is 4.87 Å². The van der Waals surface area contributed by atoms with Crippen molar-refractivity contribution in [3.63, 3.8) is 0 Å². The lowest BCUT2D eigenvalue weighted by Crippen LogP contribution is -2.38. The van der Waals surface area contributed by atoms with Crippen LogP contribution in [-0.2, 0) is 6.54 Å². The number of nitrogens with zero attached hydrogens (tertiary/aromatic N) is 2. The van der Waals surface area contributed by atoms with Crippen molar-refractivity contribution in [2.24, 2.45) is 5.92 Å². The Kier molecular flexibility index (Phi) is 3.91. The number of carboxylic acid groups (broad SMARTS) is 1. The van der Waals surface area contributed by atoms with E-state index in [9.17, 15) is 9.59 Å². The molecule has 3 rings (SSSR count). The average Bonchev–Trinajstić information content (AvgIpc) is 2.75. The van der Waals surface area contributed by atoms with Gasteiger partial charge in [0.25, 0.3) is 0 Å². The van der Waals surface area contributed by atoms with E-state index in [0.717, 1.165) is 23.1 Å². The molecule has 0 unspecified atom stereocenters. The van der Waals surface area contributed by atoms with E-state index in [1.165, 1.54) is 16.2 Å². The first-order valence-corrected chi connectivity index (χ1v) is 8.01. The molecule has 0 spiro atoms. The van der Waals surface area contributed by atoms with Gasteiger partial charge in [-0.15, -0.1) is 0 Å². The topological polar surface area (TPSA) is 62.5 Å². The van der Waals surface area contributed by atoms with E-state index in [1.54, 1.807) is 10.6 Å². The number of rotatable bonds is 2. The highest BCUT2D eigenvalue weighted by atomic mass is 35.5. The zero-order valence-electron chi connectivity index (χ0n) is 11.3. The number of halogens is 1. The zero-order valence-corrected chi connectivity index (χ0v) is 12.9. The third kappa shape index (κ3) is 2.91. The second-order valence-electron chi connectivity index (χ2n) is 5.30. The molecule has 1 aromatic heterocycles. The quantitative estimate of drug-likeness (QED) is 0.922. The van der Waals surface area contributed by atoms with Gasteiger partial charge in [0.15, 0.2) is 0 Å². The maximum Gasteiger partial charge on any atom is 0.407 e. The van der Waals surface area contributed by atoms with Crippen LogP contribution >= 0.6 is 22.9 Å². The molecular weight excluding hydrogens is 312 g/mol. The molecule has 7 heteroatoms. The summed E-state index contributed by atoms with van der Waals surface area (Å²) in [4.78, 5) is 24.5. The van der Waals surface area contributed by atoms with Crippen molar-refractivity contribution in [2.45, 2.75) is 19.4 Å². The number of hydrogen-bond donors (Lipinski definition) is 1. The molecule has 1 amide bonds. The number of aromatic nitrogens is 1. The largest absolute Gasteiger partial charge is 0.465 e. The second-order valence-corrected chi connectivity index (χ2v) is 6.73. The minimum Gasteiger partial charge on any atom is -0.465 e. The van der Waals surface area contributed by atoms with E-state index >= 15 is 0 Å². The summed E-state index contributed by atoms with van der Waals surface area (Å²) < 4.78 is 2.69. The van der Waals surface area contributed by atoms with Crippen LogP contribution < -0.4 is 4.87 Å². The van der Waals surface area contributed by atoms with Crippen LogP contribution in [0.1, 0.15) is 12.8 Å². The lowest BCUT2D eigenvalue weighted by Gasteiger charge is -2.30. The fourth-order valence-electron chi connectivity index (χ4n) is 2.78. The third-order valence-corrected chi connectivity index (χ3v) is 5.13. The number of hydrogen-bond acceptors (Lipinski definition) is 3. The molecule has 1 fully saturated rings. The maximum atomic E-state index is 12.1. The number of thiazole rings is 1. The van der Waals surface area contributed by atoms with Gasteiger partial charge < -0.3 is 10.0 Å². The van der Waals surface area contributed by atoms with Crippen molar-refractivity contribution in [1.29, 1.82) is 0 Å². The lowest BCUT2D eigenvalue weighted by atomic mass is 9.97. The molecule has 0 aliphatic carbocycles. The van der Waals surface area contributed by atoms with Crippen LogP contribution in [0.5, 0.6) is 0 Å². The van der Waals surface area contributed by atoms with Crippen molar-refractivity contribution in [1.82, 2.24) is 9.47 Å². The molecule has 1 saturated heterocycles. The molecular formula is C14H15ClN2O3S. The van der Waals surface area contributed by atoms with E-state index in [1.807, 2.05) is 12.1 Å². The van der Waals surface area contributed by atoms with Gasteiger partial charge in [-0.3, -0.25) is 9.36 Å². The Hall–Kier alpha value is -1.53. The van der Waals surface area contributed by atoms with Gasteiger partial charge in [-0.05, 0) is 37.0 Å². The fourth-order valence-corrected chi connectivity index (χ4v) is 3.95. The Morgan fingerprint density at radius 1 is 1.38 bits per heavy atom. The van der Waals surface area contributed by atoms with Gasteiger partial charge in [0.1, 0.15) is 0 Å². The van der Waals surface area contributed by atoms with Crippen LogP contribution in [0.25, 0.3) is 10.2 Å². The summed E-state index contributed by atoms with van der Waals surface area (Å²) in [6.07, 6.45) is 0.731. The number of amides is 1. The van der Waals surface area contributed by atoms with Gasteiger partial charge in [-0.2, -0.15) is 0 Å². The average molecular weight is 327 g/mol. The van der Waals surface area contributed by atoms with Crippen LogP contribution in [-0.4, -0.2) is 33.8 Å². The Morgan fingerprint density at radius 2 is 2.10 bits per heavy atom. The van der Waals surface area contributed by atoms with Crippen molar-refractivity contribution >= 4 is 39.2 Å². The highest BCUT2D eigenvalue weighted by Crippen LogP contribution is 2.25. The molecule has 1 aliphatic heterocycles. The molecule has 2 aromatic rings. The Morgan fingerprint density at radius 3 is 2.76 bits per heavy atom. The molecule has 1 aliphatic rings. The Balaban J connectivity index is 1.78. The summed E-state index contributed by atoms with van der Waals surface area (Å²) >= 11 is 7.16. The molecule has 21 heavy (non-hydrogen) atoms. The molecule has 0 bridgehead atoms. The molecule has 0 atom stereocenters. The molecule has 1 N–H and O–H groups in total. The van der Waals surface area contributed by atoms with Crippen LogP contribution in [0.2, 0.25) is 5.02 Å². The fraction of sp³-hybridized carbons (Fsp3) is 0.429. The van der Waals surface area contributed by atoms with Crippen LogP contribution in [0.4, 0.5) is 4.79 Å². The summed E-state index contributed by atoms with van der Waals surface area (Å²) in [5.74, 6) is 0.340. The summed E-state index contributed by atoms with van der Waals surface area (Å²) in [7, 11) is 0. The van der Waals surface area contributed by atoms with E-state index < -0.39 is 6.09 Å².